The van der Waals surface area contributed by atoms with Gasteiger partial charge in [0.1, 0.15) is 0 Å². The Bertz CT molecular complexity index is 323. The highest BCUT2D eigenvalue weighted by Crippen LogP contribution is 2.04. The van der Waals surface area contributed by atoms with Crippen molar-refractivity contribution in [1.29, 1.82) is 0 Å². The van der Waals surface area contributed by atoms with Gasteiger partial charge in [-0.2, -0.15) is 11.3 Å². The predicted octanol–water partition coefficient (Wildman–Crippen LogP) is 3.47. The van der Waals surface area contributed by atoms with Gasteiger partial charge in [-0.3, -0.25) is 4.99 Å². The van der Waals surface area contributed by atoms with Crippen LogP contribution in [-0.2, 0) is 6.54 Å². The lowest BCUT2D eigenvalue weighted by molar-refractivity contribution is 0.549. The highest BCUT2D eigenvalue weighted by Gasteiger charge is 1.99. The van der Waals surface area contributed by atoms with Crippen LogP contribution in [0.4, 0.5) is 0 Å². The molecule has 0 bridgehead atoms. The van der Waals surface area contributed by atoms with E-state index in [0.717, 1.165) is 25.0 Å². The second kappa shape index (κ2) is 10.6. The Hall–Kier alpha value is -0.300. The van der Waals surface area contributed by atoms with Gasteiger partial charge in [0.05, 0.1) is 0 Å². The second-order valence-electron chi connectivity index (χ2n) is 4.52. The summed E-state index contributed by atoms with van der Waals surface area (Å²) < 4.78 is 0. The molecule has 0 aliphatic heterocycles. The summed E-state index contributed by atoms with van der Waals surface area (Å²) in [4.78, 5) is 4.20. The summed E-state index contributed by atoms with van der Waals surface area (Å²) in [6.07, 6.45) is 2.45. The van der Waals surface area contributed by atoms with Crippen LogP contribution in [0.15, 0.2) is 21.8 Å². The zero-order valence-electron chi connectivity index (χ0n) is 11.4. The average molecular weight is 381 g/mol. The van der Waals surface area contributed by atoms with Crippen molar-refractivity contribution in [3.8, 4) is 0 Å². The first-order chi connectivity index (χ1) is 8.22. The Kier molecular flexibility index (Phi) is 10.4. The van der Waals surface area contributed by atoms with Crippen LogP contribution in [0, 0.1) is 5.92 Å². The van der Waals surface area contributed by atoms with Gasteiger partial charge >= 0.3 is 0 Å². The van der Waals surface area contributed by atoms with Crippen LogP contribution in [0.3, 0.4) is 0 Å². The van der Waals surface area contributed by atoms with E-state index < -0.39 is 0 Å². The van der Waals surface area contributed by atoms with Crippen LogP contribution in [0.25, 0.3) is 0 Å². The third kappa shape index (κ3) is 7.92. The number of nitrogens with one attached hydrogen (secondary N) is 2. The molecule has 5 heteroatoms. The molecule has 0 aliphatic carbocycles. The Labute approximate surface area is 131 Å². The van der Waals surface area contributed by atoms with Gasteiger partial charge in [-0.1, -0.05) is 13.8 Å². The summed E-state index contributed by atoms with van der Waals surface area (Å²) in [5, 5.41) is 10.9. The Morgan fingerprint density at radius 2 is 2.17 bits per heavy atom. The molecular weight excluding hydrogens is 357 g/mol. The fraction of sp³-hybridized carbons (Fsp3) is 0.615. The maximum absolute atomic E-state index is 4.20. The molecule has 1 rings (SSSR count). The van der Waals surface area contributed by atoms with Crippen LogP contribution in [0.1, 0.15) is 32.3 Å². The molecule has 0 radical (unpaired) electrons. The van der Waals surface area contributed by atoms with Crippen molar-refractivity contribution in [3.63, 3.8) is 0 Å². The van der Waals surface area contributed by atoms with Crippen LogP contribution in [0.5, 0.6) is 0 Å². The molecule has 0 saturated carbocycles. The number of aliphatic imine (C=N–C) groups is 1. The smallest absolute Gasteiger partial charge is 0.191 e. The van der Waals surface area contributed by atoms with E-state index in [0.29, 0.717) is 0 Å². The van der Waals surface area contributed by atoms with Crippen molar-refractivity contribution in [3.05, 3.63) is 22.4 Å². The molecule has 0 fully saturated rings. The minimum absolute atomic E-state index is 0. The standard InChI is InChI=1S/C13H23N3S.HI/c1-11(2)5-4-7-15-13(14-3)16-9-12-6-8-17-10-12;/h6,8,10-11H,4-5,7,9H2,1-3H3,(H2,14,15,16);1H. The van der Waals surface area contributed by atoms with E-state index in [1.165, 1.54) is 18.4 Å². The van der Waals surface area contributed by atoms with Gasteiger partial charge in [0.2, 0.25) is 0 Å². The number of halogens is 1. The number of rotatable bonds is 6. The normalized spacial score (nSPS) is 11.2. The quantitative estimate of drug-likeness (QED) is 0.343. The molecule has 2 N–H and O–H groups in total. The van der Waals surface area contributed by atoms with E-state index >= 15 is 0 Å². The molecule has 3 nitrogen and oxygen atoms in total. The minimum Gasteiger partial charge on any atom is -0.356 e. The van der Waals surface area contributed by atoms with E-state index in [1.807, 2.05) is 7.05 Å². The van der Waals surface area contributed by atoms with E-state index in [4.69, 9.17) is 0 Å². The summed E-state index contributed by atoms with van der Waals surface area (Å²) in [6.45, 7) is 6.34. The van der Waals surface area contributed by atoms with E-state index in [1.54, 1.807) is 11.3 Å². The van der Waals surface area contributed by atoms with Crippen molar-refractivity contribution >= 4 is 41.3 Å². The van der Waals surface area contributed by atoms with Crippen LogP contribution >= 0.6 is 35.3 Å². The number of nitrogens with zero attached hydrogens (tertiary/aromatic N) is 1. The van der Waals surface area contributed by atoms with E-state index in [-0.39, 0.29) is 24.0 Å². The van der Waals surface area contributed by atoms with Gasteiger partial charge in [-0.05, 0) is 41.1 Å². The molecule has 18 heavy (non-hydrogen) atoms. The monoisotopic (exact) mass is 381 g/mol. The lowest BCUT2D eigenvalue weighted by atomic mass is 10.1. The summed E-state index contributed by atoms with van der Waals surface area (Å²) in [7, 11) is 1.81. The molecule has 1 aromatic rings. The first-order valence-electron chi connectivity index (χ1n) is 6.18. The molecule has 0 amide bonds. The molecule has 0 unspecified atom stereocenters. The zero-order valence-corrected chi connectivity index (χ0v) is 14.5. The number of thiophene rings is 1. The third-order valence-electron chi connectivity index (χ3n) is 2.51. The van der Waals surface area contributed by atoms with Gasteiger partial charge < -0.3 is 10.6 Å². The molecule has 0 spiro atoms. The number of guanidine groups is 1. The zero-order chi connectivity index (χ0) is 12.5. The second-order valence-corrected chi connectivity index (χ2v) is 5.30. The van der Waals surface area contributed by atoms with Crippen molar-refractivity contribution in [1.82, 2.24) is 10.6 Å². The van der Waals surface area contributed by atoms with E-state index in [9.17, 15) is 0 Å². The molecule has 1 heterocycles. The van der Waals surface area contributed by atoms with Gasteiger partial charge in [-0.25, -0.2) is 0 Å². The first kappa shape index (κ1) is 17.7. The van der Waals surface area contributed by atoms with Crippen molar-refractivity contribution in [2.45, 2.75) is 33.2 Å². The van der Waals surface area contributed by atoms with Gasteiger partial charge in [-0.15, -0.1) is 24.0 Å². The Balaban J connectivity index is 0.00000289. The molecule has 0 aliphatic rings. The average Bonchev–Trinajstić information content (AvgIpc) is 2.81. The van der Waals surface area contributed by atoms with Crippen LogP contribution in [-0.4, -0.2) is 19.6 Å². The molecule has 0 saturated heterocycles. The molecule has 1 aromatic heterocycles. The summed E-state index contributed by atoms with van der Waals surface area (Å²) in [5.41, 5.74) is 1.31. The summed E-state index contributed by atoms with van der Waals surface area (Å²) >= 11 is 1.72. The Morgan fingerprint density at radius 3 is 2.72 bits per heavy atom. The van der Waals surface area contributed by atoms with Crippen LogP contribution < -0.4 is 10.6 Å². The lowest BCUT2D eigenvalue weighted by Gasteiger charge is -2.11. The number of hydrogen-bond donors (Lipinski definition) is 2. The molecular formula is C13H24IN3S. The van der Waals surface area contributed by atoms with Gasteiger partial charge in [0.25, 0.3) is 0 Å². The summed E-state index contributed by atoms with van der Waals surface area (Å²) in [6, 6.07) is 2.13. The van der Waals surface area contributed by atoms with Gasteiger partial charge in [0.15, 0.2) is 5.96 Å². The maximum atomic E-state index is 4.20. The molecule has 104 valence electrons. The van der Waals surface area contributed by atoms with Crippen LogP contribution in [0.2, 0.25) is 0 Å². The lowest BCUT2D eigenvalue weighted by Crippen LogP contribution is -2.37. The van der Waals surface area contributed by atoms with Crippen molar-refractivity contribution in [2.75, 3.05) is 13.6 Å². The maximum Gasteiger partial charge on any atom is 0.191 e. The largest absolute Gasteiger partial charge is 0.356 e. The van der Waals surface area contributed by atoms with Crippen molar-refractivity contribution in [2.24, 2.45) is 10.9 Å². The number of hydrogen-bond acceptors (Lipinski definition) is 2. The minimum atomic E-state index is 0. The highest BCUT2D eigenvalue weighted by molar-refractivity contribution is 14.0. The topological polar surface area (TPSA) is 36.4 Å². The fourth-order valence-electron chi connectivity index (χ4n) is 1.52. The molecule has 0 aromatic carbocycles. The fourth-order valence-corrected chi connectivity index (χ4v) is 2.19. The van der Waals surface area contributed by atoms with E-state index in [2.05, 4.69) is 46.3 Å². The predicted molar refractivity (Wildman–Crippen MR) is 92.0 cm³/mol. The SMILES string of the molecule is CN=C(NCCCC(C)C)NCc1ccsc1.I. The first-order valence-corrected chi connectivity index (χ1v) is 7.12. The summed E-state index contributed by atoms with van der Waals surface area (Å²) in [5.74, 6) is 1.66. The molecule has 0 atom stereocenters. The third-order valence-corrected chi connectivity index (χ3v) is 3.25. The Morgan fingerprint density at radius 1 is 1.39 bits per heavy atom. The van der Waals surface area contributed by atoms with Crippen molar-refractivity contribution < 1.29 is 0 Å². The van der Waals surface area contributed by atoms with Gasteiger partial charge in [0, 0.05) is 20.1 Å². The highest BCUT2D eigenvalue weighted by atomic mass is 127.